The molecule has 0 spiro atoms. The largest absolute Gasteiger partial charge is 0.330 e. The van der Waals surface area contributed by atoms with Crippen molar-refractivity contribution in [2.24, 2.45) is 5.73 Å². The minimum absolute atomic E-state index is 0.571. The van der Waals surface area contributed by atoms with Gasteiger partial charge in [-0.15, -0.1) is 0 Å². The van der Waals surface area contributed by atoms with E-state index in [2.05, 4.69) is 28.1 Å². The average Bonchev–Trinajstić information content (AvgIpc) is 2.37. The first-order valence-corrected chi connectivity index (χ1v) is 8.08. The quantitative estimate of drug-likeness (QED) is 0.771. The first kappa shape index (κ1) is 15.2. The maximum absolute atomic E-state index is 6.04. The third kappa shape index (κ3) is 4.14. The van der Waals surface area contributed by atoms with Gasteiger partial charge >= 0.3 is 0 Å². The summed E-state index contributed by atoms with van der Waals surface area (Å²) in [4.78, 5) is 2.24. The summed E-state index contributed by atoms with van der Waals surface area (Å²) in [5.41, 5.74) is 6.88. The fraction of sp³-hybridized carbons (Fsp3) is 0.143. The highest BCUT2D eigenvalue weighted by atomic mass is 79.9. The van der Waals surface area contributed by atoms with Crippen LogP contribution in [0.3, 0.4) is 0 Å². The van der Waals surface area contributed by atoms with E-state index in [0.717, 1.165) is 15.8 Å². The van der Waals surface area contributed by atoms with E-state index in [9.17, 15) is 0 Å². The molecule has 1 nitrogen and oxygen atoms in total. The smallest absolute Gasteiger partial charge is 0.0603 e. The fourth-order valence-corrected chi connectivity index (χ4v) is 3.58. The predicted molar refractivity (Wildman–Crippen MR) is 87.5 cm³/mol. The fourth-order valence-electron chi connectivity index (χ4n) is 1.65. The molecular formula is C14H12BrCl2NS. The summed E-state index contributed by atoms with van der Waals surface area (Å²) >= 11 is 17.1. The van der Waals surface area contributed by atoms with Gasteiger partial charge in [0.15, 0.2) is 0 Å². The van der Waals surface area contributed by atoms with E-state index < -0.39 is 0 Å². The van der Waals surface area contributed by atoms with Gasteiger partial charge in [0.1, 0.15) is 0 Å². The van der Waals surface area contributed by atoms with Crippen LogP contribution in [0.25, 0.3) is 0 Å². The second-order valence-corrected chi connectivity index (χ2v) is 6.81. The molecule has 0 aromatic heterocycles. The number of nitrogens with two attached hydrogens (primary N) is 1. The Morgan fingerprint density at radius 1 is 1.05 bits per heavy atom. The molecule has 2 aromatic carbocycles. The van der Waals surface area contributed by atoms with Crippen LogP contribution in [0.15, 0.2) is 50.7 Å². The van der Waals surface area contributed by atoms with Gasteiger partial charge in [0.2, 0.25) is 0 Å². The second kappa shape index (κ2) is 7.00. The predicted octanol–water partition coefficient (Wildman–Crippen LogP) is 5.41. The Bertz CT molecular complexity index is 590. The van der Waals surface area contributed by atoms with Crippen molar-refractivity contribution in [3.8, 4) is 0 Å². The molecule has 2 N–H and O–H groups in total. The van der Waals surface area contributed by atoms with Crippen LogP contribution in [0, 0.1) is 0 Å². The number of hydrogen-bond acceptors (Lipinski definition) is 2. The third-order valence-electron chi connectivity index (χ3n) is 2.56. The highest BCUT2D eigenvalue weighted by Crippen LogP contribution is 2.35. The van der Waals surface area contributed by atoms with Crippen LogP contribution in [-0.2, 0) is 6.42 Å². The minimum atomic E-state index is 0.571. The van der Waals surface area contributed by atoms with Crippen molar-refractivity contribution in [3.63, 3.8) is 0 Å². The second-order valence-electron chi connectivity index (χ2n) is 3.97. The van der Waals surface area contributed by atoms with E-state index in [0.29, 0.717) is 16.6 Å². The van der Waals surface area contributed by atoms with Crippen molar-refractivity contribution in [3.05, 3.63) is 56.5 Å². The van der Waals surface area contributed by atoms with E-state index in [1.807, 2.05) is 24.3 Å². The molecule has 0 aliphatic heterocycles. The van der Waals surface area contributed by atoms with Crippen LogP contribution in [0.5, 0.6) is 0 Å². The molecule has 2 rings (SSSR count). The van der Waals surface area contributed by atoms with Crippen LogP contribution in [-0.4, -0.2) is 6.54 Å². The van der Waals surface area contributed by atoms with Crippen LogP contribution in [0.1, 0.15) is 5.56 Å². The van der Waals surface area contributed by atoms with Crippen molar-refractivity contribution in [2.45, 2.75) is 16.2 Å². The first-order chi connectivity index (χ1) is 9.10. The number of rotatable bonds is 4. The molecule has 0 aliphatic rings. The normalized spacial score (nSPS) is 10.7. The van der Waals surface area contributed by atoms with Gasteiger partial charge in [-0.3, -0.25) is 0 Å². The topological polar surface area (TPSA) is 26.0 Å². The summed E-state index contributed by atoms with van der Waals surface area (Å²) in [5, 5.41) is 1.14. The number of hydrogen-bond donors (Lipinski definition) is 1. The van der Waals surface area contributed by atoms with Crippen molar-refractivity contribution in [2.75, 3.05) is 6.54 Å². The monoisotopic (exact) mass is 375 g/mol. The molecule has 0 radical (unpaired) electrons. The zero-order valence-electron chi connectivity index (χ0n) is 10.00. The Morgan fingerprint density at radius 2 is 1.84 bits per heavy atom. The molecule has 0 atom stereocenters. The summed E-state index contributed by atoms with van der Waals surface area (Å²) in [7, 11) is 0. The molecule has 0 aliphatic carbocycles. The average molecular weight is 377 g/mol. The number of halogens is 3. The van der Waals surface area contributed by atoms with Gasteiger partial charge in [0, 0.05) is 14.3 Å². The lowest BCUT2D eigenvalue weighted by molar-refractivity contribution is 0.943. The lowest BCUT2D eigenvalue weighted by atomic mass is 10.1. The van der Waals surface area contributed by atoms with Crippen LogP contribution < -0.4 is 5.73 Å². The van der Waals surface area contributed by atoms with Gasteiger partial charge in [-0.05, 0) is 48.9 Å². The highest BCUT2D eigenvalue weighted by Gasteiger charge is 2.07. The van der Waals surface area contributed by atoms with Crippen molar-refractivity contribution in [1.29, 1.82) is 0 Å². The molecule has 19 heavy (non-hydrogen) atoms. The summed E-state index contributed by atoms with van der Waals surface area (Å²) < 4.78 is 1.05. The Labute approximate surface area is 135 Å². The molecule has 100 valence electrons. The van der Waals surface area contributed by atoms with Gasteiger partial charge in [0.05, 0.1) is 10.0 Å². The van der Waals surface area contributed by atoms with Crippen molar-refractivity contribution < 1.29 is 0 Å². The highest BCUT2D eigenvalue weighted by molar-refractivity contribution is 9.10. The van der Waals surface area contributed by atoms with E-state index in [-0.39, 0.29) is 0 Å². The van der Waals surface area contributed by atoms with Crippen LogP contribution >= 0.6 is 50.9 Å². The summed E-state index contributed by atoms with van der Waals surface area (Å²) in [6, 6.07) is 11.9. The molecule has 0 bridgehead atoms. The molecule has 2 aromatic rings. The Morgan fingerprint density at radius 3 is 2.53 bits per heavy atom. The molecule has 0 fully saturated rings. The Kier molecular flexibility index (Phi) is 5.60. The van der Waals surface area contributed by atoms with E-state index in [1.54, 1.807) is 11.8 Å². The summed E-state index contributed by atoms with van der Waals surface area (Å²) in [6.07, 6.45) is 0.858. The maximum Gasteiger partial charge on any atom is 0.0603 e. The SMILES string of the molecule is NCCc1ccc(Br)cc1Sc1ccc(Cl)c(Cl)c1. The summed E-state index contributed by atoms with van der Waals surface area (Å²) in [6.45, 7) is 0.635. The first-order valence-electron chi connectivity index (χ1n) is 5.71. The zero-order valence-corrected chi connectivity index (χ0v) is 13.9. The third-order valence-corrected chi connectivity index (χ3v) is 4.88. The van der Waals surface area contributed by atoms with Crippen molar-refractivity contribution in [1.82, 2.24) is 0 Å². The lowest BCUT2D eigenvalue weighted by Crippen LogP contribution is -2.03. The molecule has 0 saturated carbocycles. The van der Waals surface area contributed by atoms with Crippen LogP contribution in [0.4, 0.5) is 0 Å². The molecule has 0 heterocycles. The minimum Gasteiger partial charge on any atom is -0.330 e. The van der Waals surface area contributed by atoms with E-state index in [1.165, 1.54) is 10.5 Å². The van der Waals surface area contributed by atoms with Crippen LogP contribution in [0.2, 0.25) is 10.0 Å². The maximum atomic E-state index is 6.04. The van der Waals surface area contributed by atoms with E-state index >= 15 is 0 Å². The van der Waals surface area contributed by atoms with Gasteiger partial charge < -0.3 is 5.73 Å². The lowest BCUT2D eigenvalue weighted by Gasteiger charge is -2.09. The summed E-state index contributed by atoms with van der Waals surface area (Å²) in [5.74, 6) is 0. The Hall–Kier alpha value is -0.190. The van der Waals surface area contributed by atoms with Gasteiger partial charge in [-0.1, -0.05) is 57.0 Å². The zero-order chi connectivity index (χ0) is 13.8. The van der Waals surface area contributed by atoms with Gasteiger partial charge in [0.25, 0.3) is 0 Å². The Balaban J connectivity index is 2.30. The standard InChI is InChI=1S/C14H12BrCl2NS/c15-10-2-1-9(5-6-18)14(7-10)19-11-3-4-12(16)13(17)8-11/h1-4,7-8H,5-6,18H2. The van der Waals surface area contributed by atoms with Crippen molar-refractivity contribution >= 4 is 50.9 Å². The van der Waals surface area contributed by atoms with Gasteiger partial charge in [-0.25, -0.2) is 0 Å². The molecule has 0 unspecified atom stereocenters. The molecule has 0 amide bonds. The molecule has 5 heteroatoms. The number of benzene rings is 2. The van der Waals surface area contributed by atoms with Gasteiger partial charge in [-0.2, -0.15) is 0 Å². The molecular weight excluding hydrogens is 365 g/mol. The molecule has 0 saturated heterocycles. The van der Waals surface area contributed by atoms with E-state index in [4.69, 9.17) is 28.9 Å².